The molecule has 0 spiro atoms. The highest BCUT2D eigenvalue weighted by molar-refractivity contribution is 5.47. The van der Waals surface area contributed by atoms with Gasteiger partial charge in [0.15, 0.2) is 0 Å². The van der Waals surface area contributed by atoms with Crippen LogP contribution >= 0.6 is 0 Å². The van der Waals surface area contributed by atoms with E-state index in [2.05, 4.69) is 41.4 Å². The number of benzene rings is 3. The van der Waals surface area contributed by atoms with Crippen LogP contribution in [0.2, 0.25) is 0 Å². The minimum absolute atomic E-state index is 0.132. The van der Waals surface area contributed by atoms with Crippen LogP contribution in [0.3, 0.4) is 0 Å². The summed E-state index contributed by atoms with van der Waals surface area (Å²) in [5.41, 5.74) is 2.66. The maximum atomic E-state index is 12.7. The first-order valence-electron chi connectivity index (χ1n) is 11.9. The highest BCUT2D eigenvalue weighted by atomic mass is 16.6. The van der Waals surface area contributed by atoms with Crippen molar-refractivity contribution in [2.45, 2.75) is 37.4 Å². The number of hydrogen-bond acceptors (Lipinski definition) is 5. The van der Waals surface area contributed by atoms with E-state index in [1.807, 2.05) is 54.6 Å². The predicted molar refractivity (Wildman–Crippen MR) is 131 cm³/mol. The molecule has 35 heavy (non-hydrogen) atoms. The lowest BCUT2D eigenvalue weighted by Crippen LogP contribution is -2.39. The molecule has 1 aromatic heterocycles. The molecular weight excluding hydrogens is 440 g/mol. The zero-order chi connectivity index (χ0) is 23.8. The third kappa shape index (κ3) is 3.66. The van der Waals surface area contributed by atoms with E-state index in [0.29, 0.717) is 18.0 Å². The maximum Gasteiger partial charge on any atom is 0.301 e. The second-order valence-electron chi connectivity index (χ2n) is 9.01. The minimum Gasteiger partial charge on any atom is -0.458 e. The van der Waals surface area contributed by atoms with Crippen molar-refractivity contribution in [2.75, 3.05) is 6.61 Å². The summed E-state index contributed by atoms with van der Waals surface area (Å²) in [5, 5.41) is 0. The standard InChI is InChI=1S/C29H26N2O4/c1-20-18-30-28-31(27(20)32)26-17-24(35-28)25(34-26)19-33-29(21-11-5-2-6-12-21,22-13-7-3-8-14-22)23-15-9-4-10-16-23/h2-16,18,24-26H,17,19H2,1H3/t24-,25-,26-/m1/s1. The number of rotatable bonds is 6. The molecule has 1 fully saturated rings. The van der Waals surface area contributed by atoms with E-state index >= 15 is 0 Å². The molecule has 3 atom stereocenters. The van der Waals surface area contributed by atoms with Crippen LogP contribution in [0.5, 0.6) is 6.01 Å². The molecule has 0 radical (unpaired) electrons. The minimum atomic E-state index is -0.845. The Hall–Kier alpha value is -3.74. The summed E-state index contributed by atoms with van der Waals surface area (Å²) in [6.07, 6.45) is 1.14. The average molecular weight is 467 g/mol. The van der Waals surface area contributed by atoms with Crippen molar-refractivity contribution in [3.05, 3.63) is 130 Å². The van der Waals surface area contributed by atoms with E-state index in [-0.39, 0.29) is 24.4 Å². The van der Waals surface area contributed by atoms with E-state index in [0.717, 1.165) is 16.7 Å². The van der Waals surface area contributed by atoms with Gasteiger partial charge in [-0.3, -0.25) is 4.79 Å². The Bertz CT molecular complexity index is 1280. The van der Waals surface area contributed by atoms with Crippen molar-refractivity contribution in [1.82, 2.24) is 9.55 Å². The van der Waals surface area contributed by atoms with Gasteiger partial charge in [-0.2, -0.15) is 0 Å². The quantitative estimate of drug-likeness (QED) is 0.389. The Morgan fingerprint density at radius 2 is 1.46 bits per heavy atom. The SMILES string of the molecule is Cc1cnc2n(c1=O)[C@H]1C[C@@H](O2)[C@@H](COC(c2ccccc2)(c2ccccc2)c2ccccc2)O1. The zero-order valence-corrected chi connectivity index (χ0v) is 19.4. The van der Waals surface area contributed by atoms with Gasteiger partial charge in [0, 0.05) is 18.2 Å². The third-order valence-corrected chi connectivity index (χ3v) is 6.86. The summed E-state index contributed by atoms with van der Waals surface area (Å²) in [6, 6.07) is 31.0. The molecular formula is C29H26N2O4. The Morgan fingerprint density at radius 3 is 2.00 bits per heavy atom. The first-order chi connectivity index (χ1) is 17.2. The normalized spacial score (nSPS) is 20.8. The molecule has 2 aliphatic heterocycles. The van der Waals surface area contributed by atoms with E-state index < -0.39 is 11.8 Å². The van der Waals surface area contributed by atoms with E-state index in [4.69, 9.17) is 14.2 Å². The highest BCUT2D eigenvalue weighted by Gasteiger charge is 2.46. The number of fused-ring (bicyclic) bond motifs is 4. The molecule has 6 heteroatoms. The van der Waals surface area contributed by atoms with E-state index in [1.165, 1.54) is 4.57 Å². The van der Waals surface area contributed by atoms with Crippen LogP contribution in [0, 0.1) is 6.92 Å². The largest absolute Gasteiger partial charge is 0.458 e. The van der Waals surface area contributed by atoms with Crippen molar-refractivity contribution in [3.8, 4) is 6.01 Å². The molecule has 3 aromatic carbocycles. The monoisotopic (exact) mass is 466 g/mol. The number of ether oxygens (including phenoxy) is 3. The molecule has 1 saturated heterocycles. The van der Waals surface area contributed by atoms with Gasteiger partial charge in [-0.05, 0) is 23.6 Å². The van der Waals surface area contributed by atoms with Crippen LogP contribution in [0.15, 0.2) is 102 Å². The molecule has 2 bridgehead atoms. The summed E-state index contributed by atoms with van der Waals surface area (Å²) >= 11 is 0. The second-order valence-corrected chi connectivity index (χ2v) is 9.01. The summed E-state index contributed by atoms with van der Waals surface area (Å²) < 4.78 is 20.9. The van der Waals surface area contributed by atoms with Gasteiger partial charge in [0.25, 0.3) is 5.56 Å². The lowest BCUT2D eigenvalue weighted by molar-refractivity contribution is -0.0819. The van der Waals surface area contributed by atoms with Gasteiger partial charge < -0.3 is 14.2 Å². The van der Waals surface area contributed by atoms with Crippen LogP contribution in [-0.4, -0.2) is 28.4 Å². The van der Waals surface area contributed by atoms with Crippen molar-refractivity contribution >= 4 is 0 Å². The van der Waals surface area contributed by atoms with Crippen LogP contribution in [-0.2, 0) is 15.1 Å². The number of aryl methyl sites for hydroxylation is 1. The molecule has 0 aliphatic carbocycles. The molecule has 6 rings (SSSR count). The maximum absolute atomic E-state index is 12.7. The number of hydrogen-bond donors (Lipinski definition) is 0. The van der Waals surface area contributed by atoms with Gasteiger partial charge in [-0.15, -0.1) is 0 Å². The molecule has 3 heterocycles. The number of aromatic nitrogens is 2. The van der Waals surface area contributed by atoms with Gasteiger partial charge in [0.05, 0.1) is 6.61 Å². The van der Waals surface area contributed by atoms with Gasteiger partial charge in [-0.1, -0.05) is 91.0 Å². The molecule has 2 aliphatic rings. The van der Waals surface area contributed by atoms with Crippen molar-refractivity contribution in [2.24, 2.45) is 0 Å². The average Bonchev–Trinajstić information content (AvgIpc) is 3.24. The fourth-order valence-corrected chi connectivity index (χ4v) is 5.13. The molecule has 4 aromatic rings. The van der Waals surface area contributed by atoms with Gasteiger partial charge >= 0.3 is 6.01 Å². The molecule has 0 amide bonds. The van der Waals surface area contributed by atoms with Crippen molar-refractivity contribution in [1.29, 1.82) is 0 Å². The van der Waals surface area contributed by atoms with Crippen LogP contribution in [0.1, 0.15) is 34.9 Å². The van der Waals surface area contributed by atoms with Crippen molar-refractivity contribution in [3.63, 3.8) is 0 Å². The zero-order valence-electron chi connectivity index (χ0n) is 19.4. The van der Waals surface area contributed by atoms with Crippen molar-refractivity contribution < 1.29 is 14.2 Å². The Labute approximate surface area is 203 Å². The molecule has 0 N–H and O–H groups in total. The first kappa shape index (κ1) is 21.8. The summed E-state index contributed by atoms with van der Waals surface area (Å²) in [6.45, 7) is 2.03. The van der Waals surface area contributed by atoms with Gasteiger partial charge in [0.2, 0.25) is 0 Å². The van der Waals surface area contributed by atoms with Crippen LogP contribution < -0.4 is 10.3 Å². The lowest BCUT2D eigenvalue weighted by atomic mass is 9.80. The number of nitrogens with zero attached hydrogens (tertiary/aromatic N) is 2. The summed E-state index contributed by atoms with van der Waals surface area (Å²) in [5.74, 6) is 0. The Balaban J connectivity index is 1.38. The fourth-order valence-electron chi connectivity index (χ4n) is 5.13. The Kier molecular flexibility index (Phi) is 5.47. The lowest BCUT2D eigenvalue weighted by Gasteiger charge is -2.37. The van der Waals surface area contributed by atoms with Crippen LogP contribution in [0.25, 0.3) is 0 Å². The van der Waals surface area contributed by atoms with E-state index in [9.17, 15) is 4.79 Å². The van der Waals surface area contributed by atoms with Gasteiger partial charge in [0.1, 0.15) is 24.0 Å². The Morgan fingerprint density at radius 1 is 0.914 bits per heavy atom. The van der Waals surface area contributed by atoms with Gasteiger partial charge in [-0.25, -0.2) is 9.55 Å². The molecule has 0 unspecified atom stereocenters. The topological polar surface area (TPSA) is 62.6 Å². The summed E-state index contributed by atoms with van der Waals surface area (Å²) in [7, 11) is 0. The highest BCUT2D eigenvalue weighted by Crippen LogP contribution is 2.43. The van der Waals surface area contributed by atoms with E-state index in [1.54, 1.807) is 13.1 Å². The fraction of sp³-hybridized carbons (Fsp3) is 0.241. The predicted octanol–water partition coefficient (Wildman–Crippen LogP) is 4.61. The van der Waals surface area contributed by atoms with Crippen LogP contribution in [0.4, 0.5) is 0 Å². The smallest absolute Gasteiger partial charge is 0.301 e. The first-order valence-corrected chi connectivity index (χ1v) is 11.9. The molecule has 0 saturated carbocycles. The summed E-state index contributed by atoms with van der Waals surface area (Å²) in [4.78, 5) is 17.0. The third-order valence-electron chi connectivity index (χ3n) is 6.86. The second kappa shape index (κ2) is 8.80. The molecule has 6 nitrogen and oxygen atoms in total. The molecule has 176 valence electrons.